The van der Waals surface area contributed by atoms with Crippen LogP contribution in [0.4, 0.5) is 5.88 Å². The van der Waals surface area contributed by atoms with E-state index >= 15 is 0 Å². The zero-order chi connectivity index (χ0) is 11.7. The monoisotopic (exact) mass is 210 g/mol. The maximum atomic E-state index is 4.93. The van der Waals surface area contributed by atoms with E-state index < -0.39 is 0 Å². The lowest BCUT2D eigenvalue weighted by Gasteiger charge is -2.03. The first-order valence-corrected chi connectivity index (χ1v) is 4.81. The second kappa shape index (κ2) is 7.61. The number of nitrogens with zero attached hydrogens (tertiary/aromatic N) is 2. The Kier molecular flexibility index (Phi) is 6.70. The molecule has 0 aliphatic heterocycles. The van der Waals surface area contributed by atoms with E-state index in [1.165, 1.54) is 6.20 Å². The van der Waals surface area contributed by atoms with E-state index in [-0.39, 0.29) is 0 Å². The molecule has 84 valence electrons. The molecule has 0 saturated carbocycles. The van der Waals surface area contributed by atoms with Crippen LogP contribution in [-0.2, 0) is 0 Å². The lowest BCUT2D eigenvalue weighted by Crippen LogP contribution is -2.25. The standard InChI is InChI=1S/C8H12N4O.C2H6/c1-4-10-8(9-3)11-7-5-6(2)12-13-7;1-2/h4-5H,1H2,2-3H3,(H2,9,10,11);1-2H3. The van der Waals surface area contributed by atoms with Gasteiger partial charge in [0.2, 0.25) is 11.8 Å². The van der Waals surface area contributed by atoms with Gasteiger partial charge in [-0.2, -0.15) is 0 Å². The van der Waals surface area contributed by atoms with Crippen molar-refractivity contribution < 1.29 is 4.52 Å². The molecular weight excluding hydrogens is 192 g/mol. The Balaban J connectivity index is 0.000000921. The molecule has 5 heteroatoms. The summed E-state index contributed by atoms with van der Waals surface area (Å²) in [6.45, 7) is 9.36. The van der Waals surface area contributed by atoms with Gasteiger partial charge in [-0.3, -0.25) is 10.3 Å². The van der Waals surface area contributed by atoms with Crippen molar-refractivity contribution in [2.24, 2.45) is 4.99 Å². The van der Waals surface area contributed by atoms with E-state index in [0.717, 1.165) is 5.69 Å². The molecule has 5 nitrogen and oxygen atoms in total. The van der Waals surface area contributed by atoms with Gasteiger partial charge in [0.1, 0.15) is 0 Å². The molecule has 15 heavy (non-hydrogen) atoms. The predicted molar refractivity (Wildman–Crippen MR) is 62.9 cm³/mol. The van der Waals surface area contributed by atoms with Crippen LogP contribution < -0.4 is 10.6 Å². The Morgan fingerprint density at radius 1 is 1.60 bits per heavy atom. The van der Waals surface area contributed by atoms with Gasteiger partial charge in [-0.25, -0.2) is 0 Å². The summed E-state index contributed by atoms with van der Waals surface area (Å²) in [6, 6.07) is 1.77. The van der Waals surface area contributed by atoms with Crippen molar-refractivity contribution in [2.75, 3.05) is 12.4 Å². The average Bonchev–Trinajstić information content (AvgIpc) is 2.66. The van der Waals surface area contributed by atoms with Crippen LogP contribution in [0.15, 0.2) is 28.4 Å². The molecule has 0 saturated heterocycles. The molecule has 1 heterocycles. The van der Waals surface area contributed by atoms with E-state index in [2.05, 4.69) is 27.4 Å². The Labute approximate surface area is 90.3 Å². The summed E-state index contributed by atoms with van der Waals surface area (Å²) in [6.07, 6.45) is 1.53. The quantitative estimate of drug-likeness (QED) is 0.580. The van der Waals surface area contributed by atoms with Crippen LogP contribution in [0.5, 0.6) is 0 Å². The van der Waals surface area contributed by atoms with Gasteiger partial charge in [0, 0.05) is 13.1 Å². The largest absolute Gasteiger partial charge is 0.338 e. The van der Waals surface area contributed by atoms with Gasteiger partial charge < -0.3 is 9.84 Å². The molecule has 2 N–H and O–H groups in total. The normalized spacial score (nSPS) is 10.0. The maximum absolute atomic E-state index is 4.93. The Morgan fingerprint density at radius 2 is 2.27 bits per heavy atom. The summed E-state index contributed by atoms with van der Waals surface area (Å²) in [5.41, 5.74) is 0.816. The molecule has 0 aromatic carbocycles. The van der Waals surface area contributed by atoms with E-state index in [9.17, 15) is 0 Å². The Bertz CT molecular complexity index is 317. The number of anilines is 1. The van der Waals surface area contributed by atoms with Gasteiger partial charge in [0.15, 0.2) is 0 Å². The molecule has 0 aliphatic rings. The topological polar surface area (TPSA) is 62.5 Å². The van der Waals surface area contributed by atoms with Crippen molar-refractivity contribution in [3.8, 4) is 0 Å². The van der Waals surface area contributed by atoms with Crippen LogP contribution in [0, 0.1) is 6.92 Å². The van der Waals surface area contributed by atoms with Crippen LogP contribution in [0.25, 0.3) is 0 Å². The van der Waals surface area contributed by atoms with Crippen LogP contribution in [-0.4, -0.2) is 18.2 Å². The smallest absolute Gasteiger partial charge is 0.231 e. The molecule has 0 bridgehead atoms. The summed E-state index contributed by atoms with van der Waals surface area (Å²) < 4.78 is 4.93. The van der Waals surface area contributed by atoms with Crippen LogP contribution in [0.2, 0.25) is 0 Å². The highest BCUT2D eigenvalue weighted by Gasteiger charge is 2.01. The number of hydrogen-bond acceptors (Lipinski definition) is 3. The van der Waals surface area contributed by atoms with Crippen LogP contribution >= 0.6 is 0 Å². The van der Waals surface area contributed by atoms with E-state index in [1.807, 2.05) is 20.8 Å². The molecule has 0 atom stereocenters. The Morgan fingerprint density at radius 3 is 2.67 bits per heavy atom. The third kappa shape index (κ3) is 4.85. The van der Waals surface area contributed by atoms with Crippen molar-refractivity contribution >= 4 is 11.8 Å². The highest BCUT2D eigenvalue weighted by molar-refractivity contribution is 5.92. The summed E-state index contributed by atoms with van der Waals surface area (Å²) >= 11 is 0. The highest BCUT2D eigenvalue weighted by Crippen LogP contribution is 2.07. The summed E-state index contributed by atoms with van der Waals surface area (Å²) in [7, 11) is 1.65. The lowest BCUT2D eigenvalue weighted by atomic mass is 10.5. The van der Waals surface area contributed by atoms with E-state index in [0.29, 0.717) is 11.8 Å². The number of aliphatic imine (C=N–C) groups is 1. The zero-order valence-electron chi connectivity index (χ0n) is 9.66. The molecule has 0 aliphatic carbocycles. The van der Waals surface area contributed by atoms with Gasteiger partial charge in [-0.1, -0.05) is 25.6 Å². The first-order valence-electron chi connectivity index (χ1n) is 4.81. The number of rotatable bonds is 2. The molecule has 0 fully saturated rings. The molecule has 0 unspecified atom stereocenters. The molecule has 1 aromatic heterocycles. The molecule has 0 radical (unpaired) electrons. The fourth-order valence-electron chi connectivity index (χ4n) is 0.792. The van der Waals surface area contributed by atoms with Gasteiger partial charge in [0.05, 0.1) is 5.69 Å². The van der Waals surface area contributed by atoms with Gasteiger partial charge in [-0.15, -0.1) is 0 Å². The molecule has 1 aromatic rings. The number of aryl methyl sites for hydroxylation is 1. The fourth-order valence-corrected chi connectivity index (χ4v) is 0.792. The maximum Gasteiger partial charge on any atom is 0.231 e. The van der Waals surface area contributed by atoms with Crippen molar-refractivity contribution in [2.45, 2.75) is 20.8 Å². The minimum Gasteiger partial charge on any atom is -0.338 e. The average molecular weight is 210 g/mol. The van der Waals surface area contributed by atoms with Gasteiger partial charge in [-0.05, 0) is 13.1 Å². The molecular formula is C10H18N4O. The lowest BCUT2D eigenvalue weighted by molar-refractivity contribution is 0.430. The van der Waals surface area contributed by atoms with Crippen molar-refractivity contribution in [1.29, 1.82) is 0 Å². The minimum atomic E-state index is 0.549. The molecule has 0 amide bonds. The van der Waals surface area contributed by atoms with E-state index in [4.69, 9.17) is 4.52 Å². The second-order valence-corrected chi connectivity index (χ2v) is 2.38. The third-order valence-corrected chi connectivity index (χ3v) is 1.33. The second-order valence-electron chi connectivity index (χ2n) is 2.38. The number of nitrogens with one attached hydrogen (secondary N) is 2. The SMILES string of the molecule is C=CNC(=NC)Nc1cc(C)no1.CC. The Hall–Kier alpha value is -1.78. The number of hydrogen-bond donors (Lipinski definition) is 2. The first-order chi connectivity index (χ1) is 7.26. The molecule has 0 spiro atoms. The van der Waals surface area contributed by atoms with Gasteiger partial charge >= 0.3 is 0 Å². The number of guanidine groups is 1. The summed E-state index contributed by atoms with van der Waals surface area (Å²) in [5.74, 6) is 1.11. The van der Waals surface area contributed by atoms with Crippen LogP contribution in [0.3, 0.4) is 0 Å². The fraction of sp³-hybridized carbons (Fsp3) is 0.400. The summed E-state index contributed by atoms with van der Waals surface area (Å²) in [4.78, 5) is 3.92. The first kappa shape index (κ1) is 13.2. The van der Waals surface area contributed by atoms with Crippen LogP contribution in [0.1, 0.15) is 19.5 Å². The third-order valence-electron chi connectivity index (χ3n) is 1.33. The number of aromatic nitrogens is 1. The zero-order valence-corrected chi connectivity index (χ0v) is 9.66. The van der Waals surface area contributed by atoms with Crippen molar-refractivity contribution in [1.82, 2.24) is 10.5 Å². The van der Waals surface area contributed by atoms with E-state index in [1.54, 1.807) is 13.1 Å². The van der Waals surface area contributed by atoms with Gasteiger partial charge in [0.25, 0.3) is 0 Å². The highest BCUT2D eigenvalue weighted by atomic mass is 16.5. The minimum absolute atomic E-state index is 0.549. The van der Waals surface area contributed by atoms with Crippen molar-refractivity contribution in [3.63, 3.8) is 0 Å². The van der Waals surface area contributed by atoms with Crippen molar-refractivity contribution in [3.05, 3.63) is 24.5 Å². The summed E-state index contributed by atoms with van der Waals surface area (Å²) in [5, 5.41) is 9.41. The predicted octanol–water partition coefficient (Wildman–Crippen LogP) is 2.14. The molecule has 1 rings (SSSR count).